The number of amides is 1. The maximum atomic E-state index is 15.7. The molecule has 1 amide bonds. The molecule has 2 atom stereocenters. The summed E-state index contributed by atoms with van der Waals surface area (Å²) in [6.45, 7) is 5.36. The van der Waals surface area contributed by atoms with Crippen LogP contribution in [0.3, 0.4) is 0 Å². The van der Waals surface area contributed by atoms with E-state index in [9.17, 15) is 14.7 Å². The number of rotatable bonds is 6. The zero-order valence-corrected chi connectivity index (χ0v) is 27.8. The molecule has 0 radical (unpaired) electrons. The lowest BCUT2D eigenvalue weighted by Gasteiger charge is -2.61. The molecule has 5 fully saturated rings. The van der Waals surface area contributed by atoms with E-state index in [-0.39, 0.29) is 48.0 Å². The molecule has 9 nitrogen and oxygen atoms in total. The Morgan fingerprint density at radius 2 is 1.58 bits per heavy atom. The van der Waals surface area contributed by atoms with Crippen molar-refractivity contribution in [1.82, 2.24) is 9.80 Å². The number of hydrogen-bond acceptors (Lipinski definition) is 7. The van der Waals surface area contributed by atoms with Gasteiger partial charge >= 0.3 is 5.97 Å². The molecule has 6 aliphatic rings. The molecule has 2 bridgehead atoms. The van der Waals surface area contributed by atoms with Gasteiger partial charge in [-0.05, 0) is 49.9 Å². The van der Waals surface area contributed by atoms with Crippen LogP contribution in [-0.4, -0.2) is 91.0 Å². The average molecular weight is 694 g/mol. The van der Waals surface area contributed by atoms with Crippen molar-refractivity contribution >= 4 is 46.5 Å². The van der Waals surface area contributed by atoms with Gasteiger partial charge < -0.3 is 29.3 Å². The summed E-state index contributed by atoms with van der Waals surface area (Å²) in [5.41, 5.74) is 3.34. The Balaban J connectivity index is 0.955. The molecule has 48 heavy (non-hydrogen) atoms. The minimum atomic E-state index is -1.18. The molecule has 9 rings (SSSR count). The van der Waals surface area contributed by atoms with Gasteiger partial charge in [-0.2, -0.15) is 0 Å². The summed E-state index contributed by atoms with van der Waals surface area (Å²) in [6, 6.07) is 12.6. The Kier molecular flexibility index (Phi) is 7.13. The SMILES string of the molecule is O=C(O)c1cc(F)c(-c2cccc3c2OCN(C(=O)c2c(Cl)cc(N4CC5(C4)CN(C4CC4)C5)cc2Cl)C3)cc1N1C2CCC1COC2. The summed E-state index contributed by atoms with van der Waals surface area (Å²) in [4.78, 5) is 34.5. The van der Waals surface area contributed by atoms with Crippen LogP contribution in [0, 0.1) is 11.2 Å². The van der Waals surface area contributed by atoms with Crippen LogP contribution in [0.5, 0.6) is 5.75 Å². The highest BCUT2D eigenvalue weighted by Crippen LogP contribution is 2.48. The Morgan fingerprint density at radius 3 is 2.25 bits per heavy atom. The van der Waals surface area contributed by atoms with Crippen LogP contribution < -0.4 is 14.5 Å². The summed E-state index contributed by atoms with van der Waals surface area (Å²) in [6.07, 6.45) is 4.43. The number of likely N-dealkylation sites (tertiary alicyclic amines) is 1. The van der Waals surface area contributed by atoms with E-state index in [0.29, 0.717) is 51.2 Å². The maximum Gasteiger partial charge on any atom is 0.337 e. The zero-order valence-electron chi connectivity index (χ0n) is 26.3. The van der Waals surface area contributed by atoms with E-state index in [4.69, 9.17) is 32.7 Å². The normalized spacial score (nSPS) is 24.2. The third-order valence-corrected chi connectivity index (χ3v) is 11.6. The second-order valence-corrected chi connectivity index (χ2v) is 15.1. The van der Waals surface area contributed by atoms with E-state index in [2.05, 4.69) is 14.7 Å². The van der Waals surface area contributed by atoms with Crippen molar-refractivity contribution in [3.05, 3.63) is 75.0 Å². The lowest BCUT2D eigenvalue weighted by molar-refractivity contribution is -0.0274. The molecule has 4 saturated heterocycles. The van der Waals surface area contributed by atoms with Crippen LogP contribution in [-0.2, 0) is 11.3 Å². The minimum Gasteiger partial charge on any atom is -0.478 e. The zero-order chi connectivity index (χ0) is 32.9. The first-order valence-corrected chi connectivity index (χ1v) is 17.4. The maximum absolute atomic E-state index is 15.7. The molecule has 3 aromatic rings. The number of halogens is 3. The number of nitrogens with zero attached hydrogens (tertiary/aromatic N) is 4. The number of aromatic carboxylic acids is 1. The Bertz CT molecular complexity index is 1820. The van der Waals surface area contributed by atoms with E-state index in [1.165, 1.54) is 17.7 Å². The summed E-state index contributed by atoms with van der Waals surface area (Å²) in [7, 11) is 0. The van der Waals surface area contributed by atoms with Crippen LogP contribution >= 0.6 is 23.2 Å². The highest BCUT2D eigenvalue weighted by atomic mass is 35.5. The molecular weight excluding hydrogens is 658 g/mol. The lowest BCUT2D eigenvalue weighted by atomic mass is 9.72. The van der Waals surface area contributed by atoms with Gasteiger partial charge in [0, 0.05) is 60.0 Å². The van der Waals surface area contributed by atoms with E-state index in [0.717, 1.165) is 56.8 Å². The van der Waals surface area contributed by atoms with Crippen molar-refractivity contribution in [3.8, 4) is 16.9 Å². The summed E-state index contributed by atoms with van der Waals surface area (Å²) < 4.78 is 27.6. The van der Waals surface area contributed by atoms with Crippen molar-refractivity contribution < 1.29 is 28.6 Å². The quantitative estimate of drug-likeness (QED) is 0.330. The predicted molar refractivity (Wildman–Crippen MR) is 180 cm³/mol. The third-order valence-electron chi connectivity index (χ3n) is 11.0. The molecule has 5 heterocycles. The van der Waals surface area contributed by atoms with Crippen molar-refractivity contribution in [2.24, 2.45) is 5.41 Å². The predicted octanol–water partition coefficient (Wildman–Crippen LogP) is 6.14. The molecule has 1 spiro atoms. The van der Waals surface area contributed by atoms with Gasteiger partial charge in [-0.25, -0.2) is 9.18 Å². The molecule has 250 valence electrons. The highest BCUT2D eigenvalue weighted by molar-refractivity contribution is 6.40. The number of hydrogen-bond donors (Lipinski definition) is 1. The first kappa shape index (κ1) is 30.5. The van der Waals surface area contributed by atoms with E-state index in [1.807, 2.05) is 18.2 Å². The van der Waals surface area contributed by atoms with Crippen LogP contribution in [0.15, 0.2) is 42.5 Å². The molecule has 5 aliphatic heterocycles. The second-order valence-electron chi connectivity index (χ2n) is 14.3. The van der Waals surface area contributed by atoms with Crippen molar-refractivity contribution in [2.45, 2.75) is 50.4 Å². The molecule has 1 saturated carbocycles. The third kappa shape index (κ3) is 4.94. The molecule has 1 aliphatic carbocycles. The summed E-state index contributed by atoms with van der Waals surface area (Å²) in [5.74, 6) is -1.74. The van der Waals surface area contributed by atoms with Gasteiger partial charge in [0.25, 0.3) is 5.91 Å². The Morgan fingerprint density at radius 1 is 0.896 bits per heavy atom. The van der Waals surface area contributed by atoms with Gasteiger partial charge in [0.15, 0.2) is 6.73 Å². The van der Waals surface area contributed by atoms with Crippen LogP contribution in [0.4, 0.5) is 15.8 Å². The van der Waals surface area contributed by atoms with Crippen LogP contribution in [0.1, 0.15) is 52.0 Å². The minimum absolute atomic E-state index is 0.0385. The second kappa shape index (κ2) is 11.2. The molecule has 2 unspecified atom stereocenters. The fourth-order valence-corrected chi connectivity index (χ4v) is 9.19. The van der Waals surface area contributed by atoms with Gasteiger partial charge in [0.2, 0.25) is 0 Å². The number of para-hydroxylation sites is 1. The topological polar surface area (TPSA) is 85.8 Å². The Labute approximate surface area is 287 Å². The number of benzene rings is 3. The summed E-state index contributed by atoms with van der Waals surface area (Å²) in [5, 5.41) is 10.6. The van der Waals surface area contributed by atoms with Gasteiger partial charge in [0.05, 0.1) is 58.7 Å². The number of carbonyl (C=O) groups is 2. The van der Waals surface area contributed by atoms with Gasteiger partial charge in [-0.3, -0.25) is 9.69 Å². The highest BCUT2D eigenvalue weighted by Gasteiger charge is 2.54. The largest absolute Gasteiger partial charge is 0.478 e. The number of ether oxygens (including phenoxy) is 2. The smallest absolute Gasteiger partial charge is 0.337 e. The van der Waals surface area contributed by atoms with Crippen LogP contribution in [0.2, 0.25) is 10.0 Å². The lowest BCUT2D eigenvalue weighted by Crippen LogP contribution is -2.72. The molecule has 1 N–H and O–H groups in total. The van der Waals surface area contributed by atoms with E-state index < -0.39 is 11.8 Å². The van der Waals surface area contributed by atoms with E-state index >= 15 is 4.39 Å². The number of anilines is 2. The van der Waals surface area contributed by atoms with Crippen molar-refractivity contribution in [2.75, 3.05) is 55.9 Å². The first-order chi connectivity index (χ1) is 23.2. The fourth-order valence-electron chi connectivity index (χ4n) is 8.56. The number of carbonyl (C=O) groups excluding carboxylic acids is 1. The molecule has 0 aromatic heterocycles. The van der Waals surface area contributed by atoms with Gasteiger partial charge in [-0.15, -0.1) is 0 Å². The average Bonchev–Trinajstić information content (AvgIpc) is 3.83. The Hall–Kier alpha value is -3.57. The molecular formula is C36H35Cl2FN4O5. The number of fused-ring (bicyclic) bond motifs is 3. The van der Waals surface area contributed by atoms with Crippen molar-refractivity contribution in [1.29, 1.82) is 0 Å². The molecule has 3 aromatic carbocycles. The number of morpholine rings is 1. The van der Waals surface area contributed by atoms with Gasteiger partial charge in [0.1, 0.15) is 11.6 Å². The standard InChI is InChI=1S/C36H35Cl2FN4O5/c37-28-8-24(42-17-36(18-42)15-41(16-36)21-4-5-21)9-29(38)32(28)34(44)40-12-20-2-1-3-25(33(20)48-19-40)26-11-31(27(35(45)46)10-30(26)39)43-22-6-7-23(43)14-47-13-22/h1-3,8-11,21-23H,4-7,12-19H2,(H,45,46). The monoisotopic (exact) mass is 692 g/mol. The van der Waals surface area contributed by atoms with Crippen LogP contribution in [0.25, 0.3) is 11.1 Å². The summed E-state index contributed by atoms with van der Waals surface area (Å²) >= 11 is 13.4. The number of carboxylic acids is 1. The fraction of sp³-hybridized carbons (Fsp3) is 0.444. The van der Waals surface area contributed by atoms with E-state index in [1.54, 1.807) is 18.2 Å². The van der Waals surface area contributed by atoms with Gasteiger partial charge in [-0.1, -0.05) is 41.4 Å². The molecule has 12 heteroatoms. The first-order valence-electron chi connectivity index (χ1n) is 16.6. The van der Waals surface area contributed by atoms with Crippen molar-refractivity contribution in [3.63, 3.8) is 0 Å². The number of carboxylic acid groups (broad SMARTS) is 1.